The molecule has 0 aromatic rings. The van der Waals surface area contributed by atoms with E-state index in [9.17, 15) is 0 Å². The van der Waals surface area contributed by atoms with Gasteiger partial charge in [0.2, 0.25) is 0 Å². The van der Waals surface area contributed by atoms with E-state index < -0.39 is 0 Å². The van der Waals surface area contributed by atoms with Gasteiger partial charge < -0.3 is 15.0 Å². The quantitative estimate of drug-likeness (QED) is 0.685. The number of nitrogens with zero attached hydrogens (tertiary/aromatic N) is 1. The maximum Gasteiger partial charge on any atom is 0.0722 e. The average Bonchev–Trinajstić information content (AvgIpc) is 2.75. The molecule has 1 atom stereocenters. The molecule has 3 heteroatoms. The van der Waals surface area contributed by atoms with Crippen LogP contribution >= 0.6 is 0 Å². The van der Waals surface area contributed by atoms with Crippen molar-refractivity contribution in [2.75, 3.05) is 39.3 Å². The Hall–Kier alpha value is -0.120. The summed E-state index contributed by atoms with van der Waals surface area (Å²) in [5, 5.41) is 3.37. The van der Waals surface area contributed by atoms with Crippen molar-refractivity contribution in [1.82, 2.24) is 10.2 Å². The van der Waals surface area contributed by atoms with Crippen LogP contribution in [0.15, 0.2) is 0 Å². The van der Waals surface area contributed by atoms with Gasteiger partial charge in [0, 0.05) is 13.1 Å². The standard InChI is InChI=1S/C13H28N2O/c1-4-14-11-13(12(2)3)16-10-9-15-7-5-6-8-15/h12-14H,4-11H2,1-3H3. The van der Waals surface area contributed by atoms with Gasteiger partial charge in [-0.3, -0.25) is 0 Å². The van der Waals surface area contributed by atoms with Gasteiger partial charge in [0.25, 0.3) is 0 Å². The van der Waals surface area contributed by atoms with E-state index in [1.807, 2.05) is 0 Å². The molecule has 1 N–H and O–H groups in total. The summed E-state index contributed by atoms with van der Waals surface area (Å²) in [6, 6.07) is 0. The first-order chi connectivity index (χ1) is 7.74. The lowest BCUT2D eigenvalue weighted by atomic mass is 10.1. The second-order valence-corrected chi connectivity index (χ2v) is 5.01. The monoisotopic (exact) mass is 228 g/mol. The molecule has 0 saturated carbocycles. The number of likely N-dealkylation sites (tertiary alicyclic amines) is 1. The summed E-state index contributed by atoms with van der Waals surface area (Å²) in [6.07, 6.45) is 3.10. The van der Waals surface area contributed by atoms with Gasteiger partial charge in [-0.05, 0) is 38.4 Å². The molecule has 0 aromatic carbocycles. The normalized spacial score (nSPS) is 19.5. The van der Waals surface area contributed by atoms with Gasteiger partial charge in [-0.2, -0.15) is 0 Å². The zero-order chi connectivity index (χ0) is 11.8. The molecule has 1 heterocycles. The van der Waals surface area contributed by atoms with Crippen LogP contribution in [0, 0.1) is 5.92 Å². The van der Waals surface area contributed by atoms with Crippen LogP contribution in [0.2, 0.25) is 0 Å². The molecule has 1 aliphatic rings. The summed E-state index contributed by atoms with van der Waals surface area (Å²) in [5.74, 6) is 0.595. The Balaban J connectivity index is 2.10. The zero-order valence-corrected chi connectivity index (χ0v) is 11.2. The summed E-state index contributed by atoms with van der Waals surface area (Å²) in [6.45, 7) is 13.1. The van der Waals surface area contributed by atoms with Crippen molar-refractivity contribution in [3.8, 4) is 0 Å². The molecule has 1 saturated heterocycles. The minimum atomic E-state index is 0.363. The second-order valence-electron chi connectivity index (χ2n) is 5.01. The molecule has 0 aromatic heterocycles. The lowest BCUT2D eigenvalue weighted by molar-refractivity contribution is 0.0139. The number of nitrogens with one attached hydrogen (secondary N) is 1. The number of rotatable bonds is 8. The molecule has 1 rings (SSSR count). The van der Waals surface area contributed by atoms with Crippen LogP contribution < -0.4 is 5.32 Å². The van der Waals surface area contributed by atoms with Crippen LogP contribution in [-0.4, -0.2) is 50.3 Å². The predicted molar refractivity (Wildman–Crippen MR) is 68.8 cm³/mol. The fraction of sp³-hybridized carbons (Fsp3) is 1.00. The van der Waals surface area contributed by atoms with Gasteiger partial charge in [-0.15, -0.1) is 0 Å². The summed E-state index contributed by atoms with van der Waals surface area (Å²) in [5.41, 5.74) is 0. The van der Waals surface area contributed by atoms with Crippen LogP contribution in [0.5, 0.6) is 0 Å². The molecular formula is C13H28N2O. The van der Waals surface area contributed by atoms with Crippen molar-refractivity contribution in [3.05, 3.63) is 0 Å². The van der Waals surface area contributed by atoms with Crippen LogP contribution in [0.25, 0.3) is 0 Å². The molecule has 0 bridgehead atoms. The van der Waals surface area contributed by atoms with Gasteiger partial charge in [-0.25, -0.2) is 0 Å². The molecule has 96 valence electrons. The molecule has 0 spiro atoms. The Bertz CT molecular complexity index is 167. The topological polar surface area (TPSA) is 24.5 Å². The summed E-state index contributed by atoms with van der Waals surface area (Å²) in [7, 11) is 0. The third-order valence-corrected chi connectivity index (χ3v) is 3.28. The predicted octanol–water partition coefficient (Wildman–Crippen LogP) is 1.73. The van der Waals surface area contributed by atoms with E-state index in [1.165, 1.54) is 25.9 Å². The summed E-state index contributed by atoms with van der Waals surface area (Å²) >= 11 is 0. The Morgan fingerprint density at radius 3 is 2.50 bits per heavy atom. The van der Waals surface area contributed by atoms with E-state index in [0.29, 0.717) is 12.0 Å². The van der Waals surface area contributed by atoms with Gasteiger partial charge >= 0.3 is 0 Å². The SMILES string of the molecule is CCNCC(OCCN1CCCC1)C(C)C. The highest BCUT2D eigenvalue weighted by atomic mass is 16.5. The van der Waals surface area contributed by atoms with Crippen molar-refractivity contribution in [2.45, 2.75) is 39.7 Å². The van der Waals surface area contributed by atoms with Crippen LogP contribution in [0.1, 0.15) is 33.6 Å². The lowest BCUT2D eigenvalue weighted by Crippen LogP contribution is -2.35. The molecule has 1 unspecified atom stereocenters. The molecular weight excluding hydrogens is 200 g/mol. The average molecular weight is 228 g/mol. The van der Waals surface area contributed by atoms with E-state index in [4.69, 9.17) is 4.74 Å². The van der Waals surface area contributed by atoms with Gasteiger partial charge in [0.15, 0.2) is 0 Å². The number of ether oxygens (including phenoxy) is 1. The Morgan fingerprint density at radius 2 is 1.94 bits per heavy atom. The molecule has 0 radical (unpaired) electrons. The van der Waals surface area contributed by atoms with E-state index in [0.717, 1.165) is 26.2 Å². The first-order valence-corrected chi connectivity index (χ1v) is 6.78. The minimum Gasteiger partial charge on any atom is -0.375 e. The van der Waals surface area contributed by atoms with Crippen molar-refractivity contribution >= 4 is 0 Å². The van der Waals surface area contributed by atoms with Gasteiger partial charge in [0.05, 0.1) is 12.7 Å². The largest absolute Gasteiger partial charge is 0.375 e. The molecule has 16 heavy (non-hydrogen) atoms. The third kappa shape index (κ3) is 5.28. The van der Waals surface area contributed by atoms with Crippen molar-refractivity contribution in [3.63, 3.8) is 0 Å². The summed E-state index contributed by atoms with van der Waals surface area (Å²) < 4.78 is 5.96. The molecule has 0 aliphatic carbocycles. The zero-order valence-electron chi connectivity index (χ0n) is 11.2. The highest BCUT2D eigenvalue weighted by Crippen LogP contribution is 2.09. The Kier molecular flexibility index (Phi) is 7.01. The van der Waals surface area contributed by atoms with Crippen LogP contribution in [0.4, 0.5) is 0 Å². The number of hydrogen-bond donors (Lipinski definition) is 1. The fourth-order valence-electron chi connectivity index (χ4n) is 2.11. The minimum absolute atomic E-state index is 0.363. The lowest BCUT2D eigenvalue weighted by Gasteiger charge is -2.23. The van der Waals surface area contributed by atoms with Crippen molar-refractivity contribution < 1.29 is 4.74 Å². The van der Waals surface area contributed by atoms with Crippen molar-refractivity contribution in [1.29, 1.82) is 0 Å². The maximum absolute atomic E-state index is 5.96. The number of hydrogen-bond acceptors (Lipinski definition) is 3. The van der Waals surface area contributed by atoms with Crippen LogP contribution in [0.3, 0.4) is 0 Å². The van der Waals surface area contributed by atoms with Crippen LogP contribution in [-0.2, 0) is 4.74 Å². The second kappa shape index (κ2) is 8.04. The van der Waals surface area contributed by atoms with Gasteiger partial charge in [-0.1, -0.05) is 20.8 Å². The Morgan fingerprint density at radius 1 is 1.25 bits per heavy atom. The highest BCUT2D eigenvalue weighted by Gasteiger charge is 2.15. The van der Waals surface area contributed by atoms with E-state index in [1.54, 1.807) is 0 Å². The third-order valence-electron chi connectivity index (χ3n) is 3.28. The molecule has 0 amide bonds. The molecule has 1 aliphatic heterocycles. The maximum atomic E-state index is 5.96. The van der Waals surface area contributed by atoms with Gasteiger partial charge in [0.1, 0.15) is 0 Å². The number of likely N-dealkylation sites (N-methyl/N-ethyl adjacent to an activating group) is 1. The van der Waals surface area contributed by atoms with E-state index in [2.05, 4.69) is 31.0 Å². The van der Waals surface area contributed by atoms with E-state index >= 15 is 0 Å². The van der Waals surface area contributed by atoms with E-state index in [-0.39, 0.29) is 0 Å². The first-order valence-electron chi connectivity index (χ1n) is 6.78. The Labute approximate surface area is 101 Å². The van der Waals surface area contributed by atoms with Crippen molar-refractivity contribution in [2.24, 2.45) is 5.92 Å². The molecule has 1 fully saturated rings. The summed E-state index contributed by atoms with van der Waals surface area (Å²) in [4.78, 5) is 2.50. The molecule has 3 nitrogen and oxygen atoms in total. The fourth-order valence-corrected chi connectivity index (χ4v) is 2.11. The first kappa shape index (κ1) is 13.9. The highest BCUT2D eigenvalue weighted by molar-refractivity contribution is 4.68. The smallest absolute Gasteiger partial charge is 0.0722 e.